The summed E-state index contributed by atoms with van der Waals surface area (Å²) in [6, 6.07) is 5.32. The number of imidazole rings is 2. The van der Waals surface area contributed by atoms with E-state index in [-0.39, 0.29) is 11.4 Å². The fourth-order valence-corrected chi connectivity index (χ4v) is 1.96. The van der Waals surface area contributed by atoms with Gasteiger partial charge in [-0.3, -0.25) is 0 Å². The average Bonchev–Trinajstić information content (AvgIpc) is 2.95. The molecule has 0 spiro atoms. The average molecular weight is 263 g/mol. The predicted molar refractivity (Wildman–Crippen MR) is 65.6 cm³/mol. The predicted octanol–water partition coefficient (Wildman–Crippen LogP) is 2.30. The number of hydrogen-bond acceptors (Lipinski definition) is 3. The molecule has 0 aliphatic carbocycles. The lowest BCUT2D eigenvalue weighted by Gasteiger charge is -1.92. The van der Waals surface area contributed by atoms with Gasteiger partial charge in [0.2, 0.25) is 0 Å². The van der Waals surface area contributed by atoms with Crippen molar-refractivity contribution in [3.05, 3.63) is 35.2 Å². The minimum atomic E-state index is -1.09. The zero-order valence-corrected chi connectivity index (χ0v) is 9.69. The van der Waals surface area contributed by atoms with Crippen LogP contribution >= 0.6 is 11.6 Å². The third kappa shape index (κ3) is 1.54. The summed E-state index contributed by atoms with van der Waals surface area (Å²) < 4.78 is 0. The highest BCUT2D eigenvalue weighted by Crippen LogP contribution is 2.25. The molecule has 0 saturated heterocycles. The van der Waals surface area contributed by atoms with Crippen molar-refractivity contribution < 1.29 is 9.90 Å². The second-order valence-electron chi connectivity index (χ2n) is 3.65. The molecule has 0 aliphatic heterocycles. The monoisotopic (exact) mass is 262 g/mol. The van der Waals surface area contributed by atoms with E-state index in [2.05, 4.69) is 19.9 Å². The van der Waals surface area contributed by atoms with Gasteiger partial charge in [-0.05, 0) is 12.1 Å². The Bertz CT molecular complexity index is 746. The Labute approximate surface area is 106 Å². The molecule has 1 aromatic carbocycles. The maximum atomic E-state index is 11.0. The van der Waals surface area contributed by atoms with Crippen molar-refractivity contribution in [2.75, 3.05) is 0 Å². The van der Waals surface area contributed by atoms with Crippen molar-refractivity contribution in [3.63, 3.8) is 0 Å². The third-order valence-corrected chi connectivity index (χ3v) is 2.85. The number of nitrogens with zero attached hydrogens (tertiary/aromatic N) is 2. The number of carboxylic acid groups (broad SMARTS) is 1. The quantitative estimate of drug-likeness (QED) is 0.660. The largest absolute Gasteiger partial charge is 0.477 e. The topological polar surface area (TPSA) is 94.7 Å². The van der Waals surface area contributed by atoms with Crippen molar-refractivity contribution in [1.82, 2.24) is 19.9 Å². The summed E-state index contributed by atoms with van der Waals surface area (Å²) in [6.07, 6.45) is 1.31. The highest BCUT2D eigenvalue weighted by atomic mass is 35.5. The first-order valence-electron chi connectivity index (χ1n) is 5.08. The smallest absolute Gasteiger partial charge is 0.354 e. The van der Waals surface area contributed by atoms with Gasteiger partial charge in [-0.2, -0.15) is 0 Å². The van der Waals surface area contributed by atoms with Crippen LogP contribution < -0.4 is 0 Å². The SMILES string of the molecule is O=C(O)c1[nH]cnc1-c1nc2c(Cl)cccc2[nH]1. The number of fused-ring (bicyclic) bond motifs is 1. The number of rotatable bonds is 2. The summed E-state index contributed by atoms with van der Waals surface area (Å²) in [7, 11) is 0. The van der Waals surface area contributed by atoms with Gasteiger partial charge >= 0.3 is 5.97 Å². The first-order chi connectivity index (χ1) is 8.66. The Morgan fingerprint density at radius 2 is 2.22 bits per heavy atom. The summed E-state index contributed by atoms with van der Waals surface area (Å²) in [6.45, 7) is 0. The molecule has 2 heterocycles. The highest BCUT2D eigenvalue weighted by molar-refractivity contribution is 6.35. The van der Waals surface area contributed by atoms with Crippen LogP contribution in [0.4, 0.5) is 0 Å². The van der Waals surface area contributed by atoms with Crippen molar-refractivity contribution in [2.24, 2.45) is 0 Å². The second-order valence-corrected chi connectivity index (χ2v) is 4.06. The Hall–Kier alpha value is -2.34. The fourth-order valence-electron chi connectivity index (χ4n) is 1.75. The first kappa shape index (κ1) is 10.8. The van der Waals surface area contributed by atoms with Gasteiger partial charge in [-0.15, -0.1) is 0 Å². The first-order valence-corrected chi connectivity index (χ1v) is 5.46. The van der Waals surface area contributed by atoms with E-state index >= 15 is 0 Å². The number of aromatic amines is 2. The van der Waals surface area contributed by atoms with Crippen LogP contribution in [-0.4, -0.2) is 31.0 Å². The molecular formula is C11H7ClN4O2. The van der Waals surface area contributed by atoms with Crippen molar-refractivity contribution >= 4 is 28.6 Å². The van der Waals surface area contributed by atoms with Crippen LogP contribution in [0.25, 0.3) is 22.6 Å². The van der Waals surface area contributed by atoms with Crippen molar-refractivity contribution in [3.8, 4) is 11.5 Å². The summed E-state index contributed by atoms with van der Waals surface area (Å²) in [5.41, 5.74) is 1.57. The molecule has 0 radical (unpaired) electrons. The van der Waals surface area contributed by atoms with Crippen molar-refractivity contribution in [1.29, 1.82) is 0 Å². The summed E-state index contributed by atoms with van der Waals surface area (Å²) in [5.74, 6) is -0.717. The fraction of sp³-hybridized carbons (Fsp3) is 0. The molecule has 0 saturated carbocycles. The summed E-state index contributed by atoms with van der Waals surface area (Å²) in [5, 5.41) is 9.51. The molecule has 0 atom stereocenters. The molecule has 0 bridgehead atoms. The molecule has 90 valence electrons. The normalized spacial score (nSPS) is 10.9. The van der Waals surface area contributed by atoms with Crippen LogP contribution in [0.2, 0.25) is 5.02 Å². The van der Waals surface area contributed by atoms with Crippen LogP contribution in [0, 0.1) is 0 Å². The number of carboxylic acids is 1. The third-order valence-electron chi connectivity index (χ3n) is 2.54. The Morgan fingerprint density at radius 1 is 1.39 bits per heavy atom. The van der Waals surface area contributed by atoms with Gasteiger partial charge in [-0.25, -0.2) is 14.8 Å². The number of aromatic carboxylic acids is 1. The molecule has 0 aliphatic rings. The maximum absolute atomic E-state index is 11.0. The molecule has 18 heavy (non-hydrogen) atoms. The van der Waals surface area contributed by atoms with Gasteiger partial charge in [0.15, 0.2) is 11.5 Å². The van der Waals surface area contributed by atoms with E-state index in [1.54, 1.807) is 12.1 Å². The molecular weight excluding hydrogens is 256 g/mol. The van der Waals surface area contributed by atoms with Gasteiger partial charge < -0.3 is 15.1 Å². The van der Waals surface area contributed by atoms with Crippen LogP contribution in [0.5, 0.6) is 0 Å². The Balaban J connectivity index is 2.23. The molecule has 0 fully saturated rings. The van der Waals surface area contributed by atoms with Crippen LogP contribution in [-0.2, 0) is 0 Å². The molecule has 3 rings (SSSR count). The molecule has 6 nitrogen and oxygen atoms in total. The number of para-hydroxylation sites is 1. The number of benzene rings is 1. The van der Waals surface area contributed by atoms with E-state index in [0.29, 0.717) is 16.4 Å². The van der Waals surface area contributed by atoms with Gasteiger partial charge in [0.05, 0.1) is 16.9 Å². The second kappa shape index (κ2) is 3.85. The summed E-state index contributed by atoms with van der Waals surface area (Å²) >= 11 is 6.01. The lowest BCUT2D eigenvalue weighted by molar-refractivity contribution is 0.0692. The van der Waals surface area contributed by atoms with Crippen LogP contribution in [0.15, 0.2) is 24.5 Å². The summed E-state index contributed by atoms with van der Waals surface area (Å²) in [4.78, 5) is 24.8. The van der Waals surface area contributed by atoms with E-state index in [9.17, 15) is 4.79 Å². The number of halogens is 1. The van der Waals surface area contributed by atoms with E-state index < -0.39 is 5.97 Å². The number of H-pyrrole nitrogens is 2. The lowest BCUT2D eigenvalue weighted by atomic mass is 10.3. The van der Waals surface area contributed by atoms with E-state index in [4.69, 9.17) is 16.7 Å². The van der Waals surface area contributed by atoms with Gasteiger partial charge in [-0.1, -0.05) is 17.7 Å². The van der Waals surface area contributed by atoms with E-state index in [1.807, 2.05) is 6.07 Å². The molecule has 7 heteroatoms. The van der Waals surface area contributed by atoms with Gasteiger partial charge in [0.1, 0.15) is 11.2 Å². The minimum absolute atomic E-state index is 0.00909. The van der Waals surface area contributed by atoms with Gasteiger partial charge in [0.25, 0.3) is 0 Å². The Kier molecular flexibility index (Phi) is 2.31. The zero-order chi connectivity index (χ0) is 12.7. The van der Waals surface area contributed by atoms with E-state index in [1.165, 1.54) is 6.33 Å². The molecule has 3 N–H and O–H groups in total. The molecule has 2 aromatic heterocycles. The van der Waals surface area contributed by atoms with E-state index in [0.717, 1.165) is 5.52 Å². The van der Waals surface area contributed by atoms with Crippen LogP contribution in [0.1, 0.15) is 10.5 Å². The standard InChI is InChI=1S/C11H7ClN4O2/c12-5-2-1-3-6-7(5)16-10(15-6)8-9(11(17)18)14-4-13-8/h1-4H,(H,13,14)(H,15,16)(H,17,18). The Morgan fingerprint density at radius 3 is 2.94 bits per heavy atom. The molecule has 0 amide bonds. The maximum Gasteiger partial charge on any atom is 0.354 e. The number of hydrogen-bond donors (Lipinski definition) is 3. The molecule has 0 unspecified atom stereocenters. The minimum Gasteiger partial charge on any atom is -0.477 e. The molecule has 3 aromatic rings. The lowest BCUT2D eigenvalue weighted by Crippen LogP contribution is -1.99. The van der Waals surface area contributed by atoms with Gasteiger partial charge in [0, 0.05) is 0 Å². The number of carbonyl (C=O) groups is 1. The number of aromatic nitrogens is 4. The van der Waals surface area contributed by atoms with Crippen LogP contribution in [0.3, 0.4) is 0 Å². The van der Waals surface area contributed by atoms with Crippen molar-refractivity contribution in [2.45, 2.75) is 0 Å². The number of nitrogens with one attached hydrogen (secondary N) is 2. The highest BCUT2D eigenvalue weighted by Gasteiger charge is 2.18. The zero-order valence-electron chi connectivity index (χ0n) is 8.94.